The lowest BCUT2D eigenvalue weighted by Gasteiger charge is -2.42. The SMILES string of the molecule is CC(=O)CC1CCCC2CC(=O)OC12CI. The first-order valence-electron chi connectivity index (χ1n) is 5.85. The molecule has 1 aliphatic heterocycles. The van der Waals surface area contributed by atoms with Crippen molar-refractivity contribution < 1.29 is 14.3 Å². The van der Waals surface area contributed by atoms with Crippen molar-refractivity contribution in [2.24, 2.45) is 11.8 Å². The summed E-state index contributed by atoms with van der Waals surface area (Å²) in [5.41, 5.74) is -0.332. The van der Waals surface area contributed by atoms with Gasteiger partial charge in [0.15, 0.2) is 0 Å². The molecule has 0 spiro atoms. The Labute approximate surface area is 109 Å². The Morgan fingerprint density at radius 2 is 2.31 bits per heavy atom. The average Bonchev–Trinajstić information content (AvgIpc) is 2.55. The number of Topliss-reactive ketones (excluding diaryl/α,β-unsaturated/α-hetero) is 1. The molecule has 1 heterocycles. The van der Waals surface area contributed by atoms with Gasteiger partial charge in [0.2, 0.25) is 0 Å². The summed E-state index contributed by atoms with van der Waals surface area (Å²) < 4.78 is 6.44. The summed E-state index contributed by atoms with van der Waals surface area (Å²) in [6, 6.07) is 0. The molecule has 0 amide bonds. The van der Waals surface area contributed by atoms with E-state index in [0.29, 0.717) is 18.8 Å². The molecule has 2 aliphatic rings. The lowest BCUT2D eigenvalue weighted by molar-refractivity contribution is -0.155. The maximum absolute atomic E-state index is 11.5. The normalized spacial score (nSPS) is 38.0. The van der Waals surface area contributed by atoms with Crippen LogP contribution in [-0.4, -0.2) is 21.8 Å². The molecule has 0 radical (unpaired) electrons. The number of carbonyl (C=O) groups is 2. The van der Waals surface area contributed by atoms with E-state index in [-0.39, 0.29) is 23.3 Å². The highest BCUT2D eigenvalue weighted by Gasteiger charge is 2.54. The van der Waals surface area contributed by atoms with Gasteiger partial charge in [-0.3, -0.25) is 4.79 Å². The molecule has 0 aromatic rings. The van der Waals surface area contributed by atoms with Gasteiger partial charge in [-0.15, -0.1) is 0 Å². The van der Waals surface area contributed by atoms with E-state index in [0.717, 1.165) is 23.7 Å². The number of alkyl halides is 1. The second-order valence-electron chi connectivity index (χ2n) is 5.00. The molecule has 3 unspecified atom stereocenters. The first kappa shape index (κ1) is 12.3. The van der Waals surface area contributed by atoms with Crippen LogP contribution >= 0.6 is 22.6 Å². The van der Waals surface area contributed by atoms with Crippen LogP contribution in [0, 0.1) is 11.8 Å². The molecule has 0 bridgehead atoms. The van der Waals surface area contributed by atoms with E-state index in [2.05, 4.69) is 22.6 Å². The van der Waals surface area contributed by atoms with Crippen LogP contribution in [-0.2, 0) is 14.3 Å². The fourth-order valence-electron chi connectivity index (χ4n) is 3.20. The van der Waals surface area contributed by atoms with Gasteiger partial charge in [-0.2, -0.15) is 0 Å². The molecule has 3 atom stereocenters. The zero-order valence-corrected chi connectivity index (χ0v) is 11.7. The van der Waals surface area contributed by atoms with Gasteiger partial charge < -0.3 is 9.53 Å². The third-order valence-corrected chi connectivity index (χ3v) is 5.14. The van der Waals surface area contributed by atoms with Crippen molar-refractivity contribution in [3.05, 3.63) is 0 Å². The second kappa shape index (κ2) is 4.63. The molecular weight excluding hydrogens is 319 g/mol. The van der Waals surface area contributed by atoms with E-state index < -0.39 is 0 Å². The highest BCUT2D eigenvalue weighted by Crippen LogP contribution is 2.49. The van der Waals surface area contributed by atoms with Crippen molar-refractivity contribution in [2.75, 3.05) is 4.43 Å². The van der Waals surface area contributed by atoms with Crippen LogP contribution in [0.4, 0.5) is 0 Å². The Kier molecular flexibility index (Phi) is 3.56. The van der Waals surface area contributed by atoms with Gasteiger partial charge in [-0.25, -0.2) is 0 Å². The summed E-state index contributed by atoms with van der Waals surface area (Å²) in [4.78, 5) is 22.8. The van der Waals surface area contributed by atoms with E-state index in [1.165, 1.54) is 0 Å². The molecule has 1 saturated carbocycles. The highest BCUT2D eigenvalue weighted by molar-refractivity contribution is 14.1. The Hall–Kier alpha value is -0.130. The summed E-state index contributed by atoms with van der Waals surface area (Å²) in [5.74, 6) is 0.719. The molecule has 16 heavy (non-hydrogen) atoms. The smallest absolute Gasteiger partial charge is 0.306 e. The predicted octanol–water partition coefficient (Wildman–Crippen LogP) is 2.50. The molecule has 90 valence electrons. The van der Waals surface area contributed by atoms with Gasteiger partial charge in [-0.05, 0) is 19.8 Å². The van der Waals surface area contributed by atoms with E-state index in [4.69, 9.17) is 4.74 Å². The van der Waals surface area contributed by atoms with Gasteiger partial charge >= 0.3 is 5.97 Å². The second-order valence-corrected chi connectivity index (χ2v) is 5.76. The monoisotopic (exact) mass is 336 g/mol. The van der Waals surface area contributed by atoms with Crippen molar-refractivity contribution in [2.45, 2.75) is 44.6 Å². The lowest BCUT2D eigenvalue weighted by Crippen LogP contribution is -2.48. The van der Waals surface area contributed by atoms with E-state index >= 15 is 0 Å². The number of ether oxygens (including phenoxy) is 1. The number of halogens is 1. The Balaban J connectivity index is 2.23. The van der Waals surface area contributed by atoms with Gasteiger partial charge in [0.25, 0.3) is 0 Å². The molecule has 4 heteroatoms. The fraction of sp³-hybridized carbons (Fsp3) is 0.833. The first-order valence-corrected chi connectivity index (χ1v) is 7.38. The van der Waals surface area contributed by atoms with Crippen LogP contribution in [0.3, 0.4) is 0 Å². The minimum Gasteiger partial charge on any atom is -0.458 e. The Morgan fingerprint density at radius 3 is 2.94 bits per heavy atom. The maximum atomic E-state index is 11.5. The molecule has 0 aromatic carbocycles. The zero-order chi connectivity index (χ0) is 11.8. The standard InChI is InChI=1S/C12H17IO3/c1-8(14)5-9-3-2-4-10-6-11(15)16-12(9,10)7-13/h9-10H,2-7H2,1H3. The number of fused-ring (bicyclic) bond motifs is 1. The average molecular weight is 336 g/mol. The topological polar surface area (TPSA) is 43.4 Å². The number of hydrogen-bond acceptors (Lipinski definition) is 3. The largest absolute Gasteiger partial charge is 0.458 e. The van der Waals surface area contributed by atoms with Crippen LogP contribution < -0.4 is 0 Å². The maximum Gasteiger partial charge on any atom is 0.306 e. The summed E-state index contributed by atoms with van der Waals surface area (Å²) >= 11 is 2.30. The minimum atomic E-state index is -0.332. The molecule has 0 aromatic heterocycles. The number of rotatable bonds is 3. The van der Waals surface area contributed by atoms with E-state index in [1.807, 2.05) is 0 Å². The van der Waals surface area contributed by atoms with Crippen molar-refractivity contribution in [1.29, 1.82) is 0 Å². The third kappa shape index (κ3) is 2.00. The number of esters is 1. The van der Waals surface area contributed by atoms with Crippen molar-refractivity contribution in [3.8, 4) is 0 Å². The predicted molar refractivity (Wildman–Crippen MR) is 68.5 cm³/mol. The third-order valence-electron chi connectivity index (χ3n) is 3.95. The summed E-state index contributed by atoms with van der Waals surface area (Å²) in [5, 5.41) is 0. The molecule has 1 aliphatic carbocycles. The summed E-state index contributed by atoms with van der Waals surface area (Å²) in [6.07, 6.45) is 4.33. The van der Waals surface area contributed by atoms with Crippen molar-refractivity contribution in [3.63, 3.8) is 0 Å². The molecule has 1 saturated heterocycles. The van der Waals surface area contributed by atoms with Crippen LogP contribution in [0.5, 0.6) is 0 Å². The van der Waals surface area contributed by atoms with Crippen molar-refractivity contribution >= 4 is 34.3 Å². The number of hydrogen-bond donors (Lipinski definition) is 0. The lowest BCUT2D eigenvalue weighted by atomic mass is 9.68. The quantitative estimate of drug-likeness (QED) is 0.452. The van der Waals surface area contributed by atoms with Gasteiger partial charge in [0, 0.05) is 22.7 Å². The Morgan fingerprint density at radius 1 is 1.56 bits per heavy atom. The van der Waals surface area contributed by atoms with Gasteiger partial charge in [0.05, 0.1) is 6.42 Å². The van der Waals surface area contributed by atoms with E-state index in [1.54, 1.807) is 6.92 Å². The molecule has 3 nitrogen and oxygen atoms in total. The fourth-order valence-corrected chi connectivity index (χ4v) is 4.60. The van der Waals surface area contributed by atoms with Crippen LogP contribution in [0.15, 0.2) is 0 Å². The van der Waals surface area contributed by atoms with Gasteiger partial charge in [-0.1, -0.05) is 29.0 Å². The highest BCUT2D eigenvalue weighted by atomic mass is 127. The molecule has 2 rings (SSSR count). The first-order chi connectivity index (χ1) is 7.58. The molecule has 0 N–H and O–H groups in total. The van der Waals surface area contributed by atoms with Crippen LogP contribution in [0.2, 0.25) is 0 Å². The van der Waals surface area contributed by atoms with Crippen LogP contribution in [0.1, 0.15) is 39.0 Å². The number of ketones is 1. The summed E-state index contributed by atoms with van der Waals surface area (Å²) in [6.45, 7) is 1.63. The summed E-state index contributed by atoms with van der Waals surface area (Å²) in [7, 11) is 0. The minimum absolute atomic E-state index is 0.0721. The Bertz CT molecular complexity index is 315. The van der Waals surface area contributed by atoms with Crippen molar-refractivity contribution in [1.82, 2.24) is 0 Å². The number of carbonyl (C=O) groups excluding carboxylic acids is 2. The molecule has 2 fully saturated rings. The van der Waals surface area contributed by atoms with E-state index in [9.17, 15) is 9.59 Å². The molecular formula is C12H17IO3. The van der Waals surface area contributed by atoms with Crippen LogP contribution in [0.25, 0.3) is 0 Å². The van der Waals surface area contributed by atoms with Gasteiger partial charge in [0.1, 0.15) is 11.4 Å². The zero-order valence-electron chi connectivity index (χ0n) is 9.50.